The van der Waals surface area contributed by atoms with Gasteiger partial charge >= 0.3 is 11.7 Å². The topological polar surface area (TPSA) is 90.5 Å². The lowest BCUT2D eigenvalue weighted by atomic mass is 10.1. The van der Waals surface area contributed by atoms with Gasteiger partial charge in [-0.25, -0.2) is 0 Å². The fourth-order valence-electron chi connectivity index (χ4n) is 3.14. The summed E-state index contributed by atoms with van der Waals surface area (Å²) in [6, 6.07) is 11.7. The molecule has 2 aromatic carbocycles. The number of thioether (sulfide) groups is 1. The van der Waals surface area contributed by atoms with Gasteiger partial charge in [-0.2, -0.15) is 13.2 Å². The summed E-state index contributed by atoms with van der Waals surface area (Å²) >= 11 is 0.939. The molecular formula is C21H16F3N5O3S. The summed E-state index contributed by atoms with van der Waals surface area (Å²) in [6.07, 6.45) is -1.52. The van der Waals surface area contributed by atoms with Crippen LogP contribution in [0.3, 0.4) is 0 Å². The summed E-state index contributed by atoms with van der Waals surface area (Å²) in [6.45, 7) is 0. The summed E-state index contributed by atoms with van der Waals surface area (Å²) < 4.78 is 47.4. The van der Waals surface area contributed by atoms with Gasteiger partial charge in [0.2, 0.25) is 11.6 Å². The minimum absolute atomic E-state index is 0.0220. The van der Waals surface area contributed by atoms with Gasteiger partial charge in [-0.1, -0.05) is 36.0 Å². The summed E-state index contributed by atoms with van der Waals surface area (Å²) in [5.74, 6) is -0.396. The number of nitrogens with one attached hydrogen (secondary N) is 1. The largest absolute Gasteiger partial charge is 0.495 e. The number of carbonyl (C=O) groups excluding carboxylic acids is 1. The monoisotopic (exact) mass is 475 g/mol. The van der Waals surface area contributed by atoms with Gasteiger partial charge in [-0.3, -0.25) is 18.6 Å². The van der Waals surface area contributed by atoms with Crippen LogP contribution in [-0.2, 0) is 11.0 Å². The Labute approximate surface area is 189 Å². The molecule has 12 heteroatoms. The third kappa shape index (κ3) is 4.55. The number of carbonyl (C=O) groups is 1. The predicted octanol–water partition coefficient (Wildman–Crippen LogP) is 3.64. The smallest absolute Gasteiger partial charge is 0.418 e. The van der Waals surface area contributed by atoms with Crippen LogP contribution < -0.4 is 15.6 Å². The lowest BCUT2D eigenvalue weighted by molar-refractivity contribution is -0.137. The zero-order chi connectivity index (χ0) is 23.6. The average molecular weight is 475 g/mol. The fourth-order valence-corrected chi connectivity index (χ4v) is 3.86. The molecule has 0 aliphatic heterocycles. The van der Waals surface area contributed by atoms with Crippen molar-refractivity contribution >= 4 is 29.0 Å². The highest BCUT2D eigenvalue weighted by atomic mass is 32.2. The van der Waals surface area contributed by atoms with Crippen molar-refractivity contribution in [2.45, 2.75) is 11.3 Å². The van der Waals surface area contributed by atoms with Crippen LogP contribution in [0.15, 0.2) is 70.9 Å². The second-order valence-electron chi connectivity index (χ2n) is 6.70. The number of rotatable bonds is 6. The van der Waals surface area contributed by atoms with E-state index in [9.17, 15) is 22.8 Å². The van der Waals surface area contributed by atoms with E-state index in [0.29, 0.717) is 11.4 Å². The normalized spacial score (nSPS) is 11.5. The number of benzene rings is 2. The quantitative estimate of drug-likeness (QED) is 0.429. The van der Waals surface area contributed by atoms with E-state index in [4.69, 9.17) is 4.74 Å². The van der Waals surface area contributed by atoms with E-state index in [1.54, 1.807) is 30.5 Å². The van der Waals surface area contributed by atoms with E-state index in [-0.39, 0.29) is 22.2 Å². The molecule has 0 atom stereocenters. The molecule has 0 aliphatic rings. The van der Waals surface area contributed by atoms with E-state index < -0.39 is 23.2 Å². The zero-order valence-corrected chi connectivity index (χ0v) is 17.9. The van der Waals surface area contributed by atoms with Crippen molar-refractivity contribution in [3.05, 3.63) is 76.8 Å². The molecule has 0 saturated carbocycles. The summed E-state index contributed by atoms with van der Waals surface area (Å²) in [5.41, 5.74) is -1.18. The lowest BCUT2D eigenvalue weighted by Crippen LogP contribution is -2.21. The highest BCUT2D eigenvalue weighted by molar-refractivity contribution is 7.99. The fraction of sp³-hybridized carbons (Fsp3) is 0.143. The Balaban J connectivity index is 1.54. The van der Waals surface area contributed by atoms with E-state index in [2.05, 4.69) is 15.5 Å². The Kier molecular flexibility index (Phi) is 6.09. The van der Waals surface area contributed by atoms with Gasteiger partial charge in [0.05, 0.1) is 29.8 Å². The molecule has 0 spiro atoms. The van der Waals surface area contributed by atoms with Crippen LogP contribution in [-0.4, -0.2) is 37.9 Å². The number of ether oxygens (including phenoxy) is 1. The van der Waals surface area contributed by atoms with E-state index in [0.717, 1.165) is 17.8 Å². The summed E-state index contributed by atoms with van der Waals surface area (Å²) in [7, 11) is 1.49. The Hall–Kier alpha value is -3.80. The van der Waals surface area contributed by atoms with E-state index in [1.807, 2.05) is 0 Å². The number of alkyl halides is 3. The van der Waals surface area contributed by atoms with Crippen molar-refractivity contribution in [1.82, 2.24) is 19.2 Å². The Morgan fingerprint density at radius 3 is 2.58 bits per heavy atom. The molecule has 4 aromatic rings. The maximum atomic E-state index is 13.1. The van der Waals surface area contributed by atoms with Gasteiger partial charge in [0, 0.05) is 12.4 Å². The number of fused-ring (bicyclic) bond motifs is 1. The van der Waals surface area contributed by atoms with Gasteiger partial charge in [0.1, 0.15) is 5.75 Å². The van der Waals surface area contributed by atoms with Crippen molar-refractivity contribution in [1.29, 1.82) is 0 Å². The standard InChI is InChI=1S/C21H16F3N5O3S/c1-32-16-9-5-4-8-15(16)28-10-11-29-18(19(28)31)26-27-20(29)33-12-17(30)25-14-7-3-2-6-13(14)21(22,23)24/h2-11H,12H2,1H3,(H,25,30). The van der Waals surface area contributed by atoms with Crippen LogP contribution in [0.1, 0.15) is 5.56 Å². The molecule has 2 aromatic heterocycles. The molecule has 33 heavy (non-hydrogen) atoms. The molecule has 1 amide bonds. The number of anilines is 1. The maximum Gasteiger partial charge on any atom is 0.418 e. The number of aromatic nitrogens is 4. The van der Waals surface area contributed by atoms with Crippen molar-refractivity contribution in [3.8, 4) is 11.4 Å². The maximum absolute atomic E-state index is 13.1. The van der Waals surface area contributed by atoms with Crippen molar-refractivity contribution in [2.24, 2.45) is 0 Å². The number of hydrogen-bond donors (Lipinski definition) is 1. The van der Waals surface area contributed by atoms with Gasteiger partial charge in [-0.05, 0) is 24.3 Å². The van der Waals surface area contributed by atoms with Crippen LogP contribution in [0.5, 0.6) is 5.75 Å². The van der Waals surface area contributed by atoms with E-state index in [1.165, 1.54) is 40.5 Å². The third-order valence-electron chi connectivity index (χ3n) is 4.62. The van der Waals surface area contributed by atoms with Gasteiger partial charge in [0.15, 0.2) is 5.16 Å². The Bertz CT molecular complexity index is 1380. The average Bonchev–Trinajstić information content (AvgIpc) is 3.21. The van der Waals surface area contributed by atoms with Crippen LogP contribution in [0.4, 0.5) is 18.9 Å². The van der Waals surface area contributed by atoms with Gasteiger partial charge in [0.25, 0.3) is 0 Å². The molecule has 0 bridgehead atoms. The number of methoxy groups -OCH3 is 1. The minimum Gasteiger partial charge on any atom is -0.495 e. The second kappa shape index (κ2) is 8.98. The Morgan fingerprint density at radius 1 is 1.09 bits per heavy atom. The van der Waals surface area contributed by atoms with Crippen LogP contribution >= 0.6 is 11.8 Å². The SMILES string of the molecule is COc1ccccc1-n1ccn2c(SCC(=O)Nc3ccccc3C(F)(F)F)nnc2c1=O. The molecule has 0 saturated heterocycles. The first-order valence-corrected chi connectivity index (χ1v) is 10.5. The molecule has 170 valence electrons. The van der Waals surface area contributed by atoms with Crippen LogP contribution in [0.25, 0.3) is 11.3 Å². The molecule has 4 rings (SSSR count). The number of nitrogens with zero attached hydrogens (tertiary/aromatic N) is 4. The molecule has 0 aliphatic carbocycles. The van der Waals surface area contributed by atoms with E-state index >= 15 is 0 Å². The molecule has 1 N–H and O–H groups in total. The van der Waals surface area contributed by atoms with Crippen LogP contribution in [0.2, 0.25) is 0 Å². The number of halogens is 3. The molecule has 0 unspecified atom stereocenters. The second-order valence-corrected chi connectivity index (χ2v) is 7.64. The van der Waals surface area contributed by atoms with Gasteiger partial charge in [-0.15, -0.1) is 10.2 Å². The predicted molar refractivity (Wildman–Crippen MR) is 116 cm³/mol. The number of amides is 1. The first kappa shape index (κ1) is 22.4. The minimum atomic E-state index is -4.60. The lowest BCUT2D eigenvalue weighted by Gasteiger charge is -2.13. The third-order valence-corrected chi connectivity index (χ3v) is 5.57. The first-order chi connectivity index (χ1) is 15.8. The Morgan fingerprint density at radius 2 is 1.82 bits per heavy atom. The molecule has 0 fully saturated rings. The molecular weight excluding hydrogens is 459 g/mol. The first-order valence-electron chi connectivity index (χ1n) is 9.48. The number of para-hydroxylation sites is 3. The highest BCUT2D eigenvalue weighted by Gasteiger charge is 2.33. The number of hydrogen-bond acceptors (Lipinski definition) is 6. The molecule has 2 heterocycles. The molecule has 8 nitrogen and oxygen atoms in total. The summed E-state index contributed by atoms with van der Waals surface area (Å²) in [5, 5.41) is 10.4. The van der Waals surface area contributed by atoms with Crippen molar-refractivity contribution in [2.75, 3.05) is 18.2 Å². The summed E-state index contributed by atoms with van der Waals surface area (Å²) in [4.78, 5) is 25.2. The van der Waals surface area contributed by atoms with Gasteiger partial charge < -0.3 is 10.1 Å². The van der Waals surface area contributed by atoms with Crippen molar-refractivity contribution < 1.29 is 22.7 Å². The zero-order valence-electron chi connectivity index (χ0n) is 17.0. The molecule has 0 radical (unpaired) electrons. The van der Waals surface area contributed by atoms with Crippen LogP contribution in [0, 0.1) is 0 Å². The van der Waals surface area contributed by atoms with Crippen molar-refractivity contribution in [3.63, 3.8) is 0 Å². The highest BCUT2D eigenvalue weighted by Crippen LogP contribution is 2.34.